The van der Waals surface area contributed by atoms with E-state index in [-0.39, 0.29) is 5.56 Å². The molecule has 2 heterocycles. The van der Waals surface area contributed by atoms with Crippen molar-refractivity contribution in [3.8, 4) is 0 Å². The van der Waals surface area contributed by atoms with Crippen LogP contribution >= 0.6 is 11.3 Å². The lowest BCUT2D eigenvalue weighted by Gasteiger charge is -2.29. The Kier molecular flexibility index (Phi) is 4.38. The van der Waals surface area contributed by atoms with Crippen LogP contribution < -0.4 is 5.56 Å². The van der Waals surface area contributed by atoms with E-state index in [9.17, 15) is 9.59 Å². The lowest BCUT2D eigenvalue weighted by atomic mass is 9.77. The Labute approximate surface area is 122 Å². The van der Waals surface area contributed by atoms with E-state index in [1.165, 1.54) is 16.8 Å². The average molecular weight is 292 g/mol. The third-order valence-corrected chi connectivity index (χ3v) is 4.67. The predicted molar refractivity (Wildman–Crippen MR) is 82.4 cm³/mol. The quantitative estimate of drug-likeness (QED) is 0.821. The number of aryl methyl sites for hydroxylation is 1. The van der Waals surface area contributed by atoms with Crippen molar-refractivity contribution in [2.75, 3.05) is 0 Å². The van der Waals surface area contributed by atoms with Gasteiger partial charge in [0.2, 0.25) is 0 Å². The molecule has 0 radical (unpaired) electrons. The van der Waals surface area contributed by atoms with E-state index in [2.05, 4.69) is 23.8 Å². The minimum atomic E-state index is 0.0159. The van der Waals surface area contributed by atoms with Crippen molar-refractivity contribution in [1.82, 2.24) is 9.97 Å². The molecule has 1 aliphatic carbocycles. The van der Waals surface area contributed by atoms with Crippen molar-refractivity contribution in [3.63, 3.8) is 0 Å². The standard InChI is InChI=1S/C12H14N2OS.C3H6O/c1-12(2)4-3-7-8(5-12)16-11-9(7)10(15)13-6-14-11;1-2-3-4/h6H,3-5H2,1-2H3,(H,13,14,15);3H,2H2,1H3. The third kappa shape index (κ3) is 2.98. The molecule has 3 rings (SSSR count). The second-order valence-electron chi connectivity index (χ2n) is 5.83. The van der Waals surface area contributed by atoms with Crippen molar-refractivity contribution in [2.24, 2.45) is 5.41 Å². The Bertz CT molecular complexity index is 670. The monoisotopic (exact) mass is 292 g/mol. The Morgan fingerprint density at radius 3 is 2.85 bits per heavy atom. The molecule has 0 saturated heterocycles. The molecular formula is C15H20N2O2S. The van der Waals surface area contributed by atoms with E-state index in [4.69, 9.17) is 0 Å². The molecule has 0 spiro atoms. The SMILES string of the molecule is CC1(C)CCc2c(sc3nc[nH]c(=O)c23)C1.CCC=O. The van der Waals surface area contributed by atoms with Crippen LogP contribution in [0, 0.1) is 5.41 Å². The highest BCUT2D eigenvalue weighted by Gasteiger charge is 2.29. The fourth-order valence-electron chi connectivity index (χ4n) is 2.44. The summed E-state index contributed by atoms with van der Waals surface area (Å²) in [7, 11) is 0. The largest absolute Gasteiger partial charge is 0.313 e. The van der Waals surface area contributed by atoms with Gasteiger partial charge in [0.25, 0.3) is 5.56 Å². The third-order valence-electron chi connectivity index (χ3n) is 3.53. The predicted octanol–water partition coefficient (Wildman–Crippen LogP) is 3.09. The van der Waals surface area contributed by atoms with E-state index in [1.54, 1.807) is 11.3 Å². The number of nitrogens with zero attached hydrogens (tertiary/aromatic N) is 1. The van der Waals surface area contributed by atoms with Gasteiger partial charge < -0.3 is 9.78 Å². The number of carbonyl (C=O) groups excluding carboxylic acids is 1. The molecule has 5 heteroatoms. The molecular weight excluding hydrogens is 272 g/mol. The molecule has 108 valence electrons. The zero-order chi connectivity index (χ0) is 14.8. The summed E-state index contributed by atoms with van der Waals surface area (Å²) in [5.41, 5.74) is 1.62. The zero-order valence-corrected chi connectivity index (χ0v) is 13.0. The van der Waals surface area contributed by atoms with Crippen LogP contribution in [0.3, 0.4) is 0 Å². The number of thiophene rings is 1. The van der Waals surface area contributed by atoms with E-state index < -0.39 is 0 Å². The maximum atomic E-state index is 11.8. The molecule has 0 unspecified atom stereocenters. The average Bonchev–Trinajstić information content (AvgIpc) is 2.76. The summed E-state index contributed by atoms with van der Waals surface area (Å²) in [6.07, 6.45) is 6.25. The highest BCUT2D eigenvalue weighted by Crippen LogP contribution is 2.40. The van der Waals surface area contributed by atoms with Gasteiger partial charge >= 0.3 is 0 Å². The van der Waals surface area contributed by atoms with Crippen molar-refractivity contribution < 1.29 is 4.79 Å². The Hall–Kier alpha value is -1.49. The molecule has 20 heavy (non-hydrogen) atoms. The highest BCUT2D eigenvalue weighted by atomic mass is 32.1. The zero-order valence-electron chi connectivity index (χ0n) is 12.2. The van der Waals surface area contributed by atoms with Crippen LogP contribution in [0.25, 0.3) is 10.2 Å². The molecule has 0 amide bonds. The lowest BCUT2D eigenvalue weighted by molar-refractivity contribution is -0.107. The fourth-order valence-corrected chi connectivity index (χ4v) is 3.89. The van der Waals surface area contributed by atoms with Gasteiger partial charge in [-0.1, -0.05) is 20.8 Å². The fraction of sp³-hybridized carbons (Fsp3) is 0.533. The first-order valence-electron chi connectivity index (χ1n) is 6.90. The number of carbonyl (C=O) groups is 1. The molecule has 0 atom stereocenters. The number of aromatic amines is 1. The normalized spacial score (nSPS) is 16.1. The summed E-state index contributed by atoms with van der Waals surface area (Å²) in [5.74, 6) is 0. The second-order valence-corrected chi connectivity index (χ2v) is 6.92. The molecule has 2 aromatic heterocycles. The van der Waals surface area contributed by atoms with Crippen molar-refractivity contribution >= 4 is 27.8 Å². The van der Waals surface area contributed by atoms with Crippen LogP contribution in [0.4, 0.5) is 0 Å². The van der Waals surface area contributed by atoms with Gasteiger partial charge in [-0.3, -0.25) is 4.79 Å². The molecule has 1 aliphatic rings. The van der Waals surface area contributed by atoms with Gasteiger partial charge in [-0.05, 0) is 30.2 Å². The van der Waals surface area contributed by atoms with Gasteiger partial charge in [0.15, 0.2) is 0 Å². The van der Waals surface area contributed by atoms with Crippen LogP contribution in [0.2, 0.25) is 0 Å². The van der Waals surface area contributed by atoms with Gasteiger partial charge in [-0.25, -0.2) is 4.98 Å². The summed E-state index contributed by atoms with van der Waals surface area (Å²) >= 11 is 1.69. The molecule has 0 bridgehead atoms. The van der Waals surface area contributed by atoms with Crippen LogP contribution in [-0.2, 0) is 17.6 Å². The summed E-state index contributed by atoms with van der Waals surface area (Å²) in [5, 5.41) is 0.831. The molecule has 0 aromatic carbocycles. The first kappa shape index (κ1) is 14.9. The molecule has 0 fully saturated rings. The summed E-state index contributed by atoms with van der Waals surface area (Å²) in [4.78, 5) is 30.1. The number of rotatable bonds is 1. The first-order valence-corrected chi connectivity index (χ1v) is 7.71. The number of aromatic nitrogens is 2. The topological polar surface area (TPSA) is 62.8 Å². The van der Waals surface area contributed by atoms with Crippen molar-refractivity contribution in [2.45, 2.75) is 46.5 Å². The van der Waals surface area contributed by atoms with Crippen molar-refractivity contribution in [1.29, 1.82) is 0 Å². The molecule has 2 aromatic rings. The van der Waals surface area contributed by atoms with E-state index in [0.29, 0.717) is 11.8 Å². The minimum Gasteiger partial charge on any atom is -0.313 e. The van der Waals surface area contributed by atoms with Gasteiger partial charge in [-0.2, -0.15) is 0 Å². The maximum Gasteiger partial charge on any atom is 0.259 e. The number of nitrogens with one attached hydrogen (secondary N) is 1. The van der Waals surface area contributed by atoms with Crippen molar-refractivity contribution in [3.05, 3.63) is 27.1 Å². The molecule has 1 N–H and O–H groups in total. The van der Waals surface area contributed by atoms with E-state index in [0.717, 1.165) is 35.8 Å². The highest BCUT2D eigenvalue weighted by molar-refractivity contribution is 7.18. The number of fused-ring (bicyclic) bond motifs is 3. The Balaban J connectivity index is 0.000000328. The van der Waals surface area contributed by atoms with E-state index >= 15 is 0 Å². The van der Waals surface area contributed by atoms with E-state index in [1.807, 2.05) is 6.92 Å². The Morgan fingerprint density at radius 1 is 1.50 bits per heavy atom. The number of hydrogen-bond donors (Lipinski definition) is 1. The summed E-state index contributed by atoms with van der Waals surface area (Å²) in [6, 6.07) is 0. The van der Waals surface area contributed by atoms with Crippen LogP contribution in [0.1, 0.15) is 44.1 Å². The minimum absolute atomic E-state index is 0.0159. The molecule has 0 saturated carbocycles. The van der Waals surface area contributed by atoms with Gasteiger partial charge in [-0.15, -0.1) is 11.3 Å². The molecule has 0 aliphatic heterocycles. The number of hydrogen-bond acceptors (Lipinski definition) is 4. The maximum absolute atomic E-state index is 11.8. The Morgan fingerprint density at radius 2 is 2.20 bits per heavy atom. The van der Waals surface area contributed by atoms with Crippen LogP contribution in [0.5, 0.6) is 0 Å². The van der Waals surface area contributed by atoms with Gasteiger partial charge in [0.05, 0.1) is 11.7 Å². The lowest BCUT2D eigenvalue weighted by Crippen LogP contribution is -2.21. The number of aldehydes is 1. The number of H-pyrrole nitrogens is 1. The summed E-state index contributed by atoms with van der Waals surface area (Å²) in [6.45, 7) is 6.39. The van der Waals surface area contributed by atoms with Gasteiger partial charge in [0, 0.05) is 11.3 Å². The second kappa shape index (κ2) is 5.87. The molecule has 4 nitrogen and oxygen atoms in total. The van der Waals surface area contributed by atoms with Crippen LogP contribution in [0.15, 0.2) is 11.1 Å². The smallest absolute Gasteiger partial charge is 0.259 e. The van der Waals surface area contributed by atoms with Gasteiger partial charge in [0.1, 0.15) is 11.1 Å². The van der Waals surface area contributed by atoms with Crippen LogP contribution in [-0.4, -0.2) is 16.3 Å². The first-order chi connectivity index (χ1) is 9.48. The summed E-state index contributed by atoms with van der Waals surface area (Å²) < 4.78 is 0.